The summed E-state index contributed by atoms with van der Waals surface area (Å²) < 4.78 is 10.4. The van der Waals surface area contributed by atoms with Crippen molar-refractivity contribution in [2.24, 2.45) is 0 Å². The lowest BCUT2D eigenvalue weighted by Crippen LogP contribution is -2.31. The van der Waals surface area contributed by atoms with Gasteiger partial charge in [-0.3, -0.25) is 4.79 Å². The second kappa shape index (κ2) is 11.7. The summed E-state index contributed by atoms with van der Waals surface area (Å²) in [5.74, 6) is -0.145. The number of ether oxygens (including phenoxy) is 2. The molecule has 0 aliphatic rings. The molecule has 9 heteroatoms. The summed E-state index contributed by atoms with van der Waals surface area (Å²) in [5, 5.41) is 10.3. The van der Waals surface area contributed by atoms with Gasteiger partial charge in [0.1, 0.15) is 16.3 Å². The molecular weight excluding hydrogens is 442 g/mol. The van der Waals surface area contributed by atoms with E-state index in [4.69, 9.17) is 9.47 Å². The van der Waals surface area contributed by atoms with Crippen LogP contribution in [0.3, 0.4) is 0 Å². The molecule has 8 nitrogen and oxygen atoms in total. The number of hydrogen-bond donors (Lipinski definition) is 3. The van der Waals surface area contributed by atoms with E-state index in [2.05, 4.69) is 16.0 Å². The number of carbonyl (C=O) groups is 3. The third-order valence-corrected chi connectivity index (χ3v) is 5.49. The fourth-order valence-corrected chi connectivity index (χ4v) is 3.99. The molecule has 0 saturated carbocycles. The van der Waals surface area contributed by atoms with Crippen LogP contribution in [0, 0.1) is 0 Å². The Morgan fingerprint density at radius 1 is 0.970 bits per heavy atom. The van der Waals surface area contributed by atoms with Gasteiger partial charge in [-0.25, -0.2) is 9.59 Å². The fraction of sp³-hybridized carbons (Fsp3) is 0.208. The molecule has 0 unspecified atom stereocenters. The van der Waals surface area contributed by atoms with Gasteiger partial charge in [0.25, 0.3) is 0 Å². The molecule has 0 radical (unpaired) electrons. The van der Waals surface area contributed by atoms with E-state index in [1.54, 1.807) is 43.7 Å². The summed E-state index contributed by atoms with van der Waals surface area (Å²) in [6, 6.07) is 15.9. The highest BCUT2D eigenvalue weighted by Crippen LogP contribution is 2.36. The Kier molecular flexibility index (Phi) is 8.43. The molecule has 172 valence electrons. The van der Waals surface area contributed by atoms with E-state index in [1.807, 2.05) is 30.3 Å². The Morgan fingerprint density at radius 2 is 1.70 bits per heavy atom. The molecule has 0 aliphatic heterocycles. The first-order valence-electron chi connectivity index (χ1n) is 10.3. The normalized spacial score (nSPS) is 10.2. The molecule has 3 aromatic rings. The first-order chi connectivity index (χ1) is 16.0. The minimum atomic E-state index is -0.514. The van der Waals surface area contributed by atoms with Crippen molar-refractivity contribution < 1.29 is 23.9 Å². The minimum absolute atomic E-state index is 0.0419. The molecule has 0 fully saturated rings. The van der Waals surface area contributed by atoms with E-state index in [0.29, 0.717) is 27.6 Å². The maximum atomic E-state index is 12.6. The summed E-state index contributed by atoms with van der Waals surface area (Å²) >= 11 is 1.24. The lowest BCUT2D eigenvalue weighted by molar-refractivity contribution is -0.116. The van der Waals surface area contributed by atoms with Crippen LogP contribution < -0.4 is 20.7 Å². The van der Waals surface area contributed by atoms with Crippen LogP contribution in [-0.4, -0.2) is 38.2 Å². The highest BCUT2D eigenvalue weighted by atomic mass is 32.1. The SMILES string of the molecule is CCOC(=O)c1c(-c2ccc(OC)cc2)csc1NC(=O)CCNC(=O)Nc1ccccc1. The van der Waals surface area contributed by atoms with Crippen LogP contribution >= 0.6 is 11.3 Å². The molecule has 0 atom stereocenters. The van der Waals surface area contributed by atoms with E-state index in [9.17, 15) is 14.4 Å². The van der Waals surface area contributed by atoms with E-state index in [1.165, 1.54) is 11.3 Å². The van der Waals surface area contributed by atoms with Crippen LogP contribution in [0.1, 0.15) is 23.7 Å². The molecule has 0 spiro atoms. The van der Waals surface area contributed by atoms with Gasteiger partial charge in [0.15, 0.2) is 0 Å². The second-order valence-corrected chi connectivity index (χ2v) is 7.73. The number of hydrogen-bond acceptors (Lipinski definition) is 6. The predicted octanol–water partition coefficient (Wildman–Crippen LogP) is 4.75. The van der Waals surface area contributed by atoms with Crippen LogP contribution in [0.15, 0.2) is 60.0 Å². The van der Waals surface area contributed by atoms with Gasteiger partial charge in [-0.15, -0.1) is 11.3 Å². The largest absolute Gasteiger partial charge is 0.497 e. The van der Waals surface area contributed by atoms with E-state index < -0.39 is 12.0 Å². The number of benzene rings is 2. The van der Waals surface area contributed by atoms with E-state index in [-0.39, 0.29) is 25.5 Å². The summed E-state index contributed by atoms with van der Waals surface area (Å²) in [5.41, 5.74) is 2.42. The van der Waals surface area contributed by atoms with Gasteiger partial charge in [0, 0.05) is 29.6 Å². The standard InChI is InChI=1S/C24H25N3O5S/c1-3-32-23(29)21-19(16-9-11-18(31-2)12-10-16)15-33-22(21)27-20(28)13-14-25-24(30)26-17-7-5-4-6-8-17/h4-12,15H,3,13-14H2,1-2H3,(H,27,28)(H2,25,26,30). The zero-order valence-corrected chi connectivity index (χ0v) is 19.2. The average molecular weight is 468 g/mol. The van der Waals surface area contributed by atoms with E-state index in [0.717, 1.165) is 5.56 Å². The van der Waals surface area contributed by atoms with Crippen LogP contribution in [0.2, 0.25) is 0 Å². The van der Waals surface area contributed by atoms with Crippen molar-refractivity contribution in [1.29, 1.82) is 0 Å². The number of amides is 3. The van der Waals surface area contributed by atoms with Crippen molar-refractivity contribution in [3.63, 3.8) is 0 Å². The monoisotopic (exact) mass is 467 g/mol. The van der Waals surface area contributed by atoms with Gasteiger partial charge in [-0.05, 0) is 36.8 Å². The van der Waals surface area contributed by atoms with Crippen molar-refractivity contribution in [2.45, 2.75) is 13.3 Å². The van der Waals surface area contributed by atoms with Crippen molar-refractivity contribution in [1.82, 2.24) is 5.32 Å². The highest BCUT2D eigenvalue weighted by molar-refractivity contribution is 7.15. The molecule has 1 aromatic heterocycles. The third kappa shape index (κ3) is 6.56. The van der Waals surface area contributed by atoms with Crippen LogP contribution in [0.4, 0.5) is 15.5 Å². The lowest BCUT2D eigenvalue weighted by Gasteiger charge is -2.10. The number of anilines is 2. The number of para-hydroxylation sites is 1. The summed E-state index contributed by atoms with van der Waals surface area (Å²) in [6.45, 7) is 2.07. The van der Waals surface area contributed by atoms with Gasteiger partial charge in [0.2, 0.25) is 5.91 Å². The van der Waals surface area contributed by atoms with Crippen molar-refractivity contribution in [3.8, 4) is 16.9 Å². The third-order valence-electron chi connectivity index (χ3n) is 4.59. The smallest absolute Gasteiger partial charge is 0.341 e. The molecule has 33 heavy (non-hydrogen) atoms. The van der Waals surface area contributed by atoms with Crippen molar-refractivity contribution >= 4 is 39.9 Å². The topological polar surface area (TPSA) is 106 Å². The Balaban J connectivity index is 1.64. The maximum absolute atomic E-state index is 12.6. The van der Waals surface area contributed by atoms with Crippen molar-refractivity contribution in [2.75, 3.05) is 30.9 Å². The molecule has 3 amide bonds. The molecular formula is C24H25N3O5S. The van der Waals surface area contributed by atoms with Gasteiger partial charge >= 0.3 is 12.0 Å². The first kappa shape index (κ1) is 23.8. The first-order valence-corrected chi connectivity index (χ1v) is 11.2. The molecule has 2 aromatic carbocycles. The minimum Gasteiger partial charge on any atom is -0.497 e. The molecule has 0 bridgehead atoms. The molecule has 0 aliphatic carbocycles. The lowest BCUT2D eigenvalue weighted by atomic mass is 10.0. The van der Waals surface area contributed by atoms with Gasteiger partial charge < -0.3 is 25.4 Å². The summed E-state index contributed by atoms with van der Waals surface area (Å²) in [6.07, 6.45) is 0.0419. The Hall–Kier alpha value is -3.85. The Morgan fingerprint density at radius 3 is 2.36 bits per heavy atom. The number of methoxy groups -OCH3 is 1. The van der Waals surface area contributed by atoms with Gasteiger partial charge in [-0.1, -0.05) is 30.3 Å². The van der Waals surface area contributed by atoms with Crippen LogP contribution in [0.25, 0.3) is 11.1 Å². The Labute approximate surface area is 195 Å². The quantitative estimate of drug-likeness (QED) is 0.394. The number of thiophene rings is 1. The molecule has 3 rings (SSSR count). The number of carbonyl (C=O) groups excluding carboxylic acids is 3. The number of nitrogens with one attached hydrogen (secondary N) is 3. The zero-order valence-electron chi connectivity index (χ0n) is 18.3. The summed E-state index contributed by atoms with van der Waals surface area (Å²) in [4.78, 5) is 37.1. The number of esters is 1. The fourth-order valence-electron chi connectivity index (χ4n) is 3.01. The maximum Gasteiger partial charge on any atom is 0.341 e. The Bertz CT molecular complexity index is 1100. The molecule has 0 saturated heterocycles. The molecule has 1 heterocycles. The number of urea groups is 1. The van der Waals surface area contributed by atoms with E-state index >= 15 is 0 Å². The number of rotatable bonds is 9. The molecule has 3 N–H and O–H groups in total. The zero-order chi connectivity index (χ0) is 23.6. The van der Waals surface area contributed by atoms with Crippen LogP contribution in [-0.2, 0) is 9.53 Å². The average Bonchev–Trinajstić information content (AvgIpc) is 3.23. The van der Waals surface area contributed by atoms with Crippen molar-refractivity contribution in [3.05, 3.63) is 65.5 Å². The predicted molar refractivity (Wildman–Crippen MR) is 129 cm³/mol. The van der Waals surface area contributed by atoms with Gasteiger partial charge in [-0.2, -0.15) is 0 Å². The summed E-state index contributed by atoms with van der Waals surface area (Å²) in [7, 11) is 1.58. The second-order valence-electron chi connectivity index (χ2n) is 6.85. The highest BCUT2D eigenvalue weighted by Gasteiger charge is 2.22. The van der Waals surface area contributed by atoms with Crippen LogP contribution in [0.5, 0.6) is 5.75 Å². The van der Waals surface area contributed by atoms with Gasteiger partial charge in [0.05, 0.1) is 13.7 Å².